The molecule has 0 saturated carbocycles. The van der Waals surface area contributed by atoms with E-state index in [0.29, 0.717) is 12.0 Å². The second-order valence-corrected chi connectivity index (χ2v) is 4.97. The fraction of sp³-hybridized carbons (Fsp3) is 0.357. The molecule has 0 amide bonds. The van der Waals surface area contributed by atoms with E-state index in [2.05, 4.69) is 12.0 Å². The standard InChI is InChI=1S/C14H17ClFN3/c1-2-6-19-9-11(8-18-19)13(17)7-10-4-3-5-12(15)14(10)16/h3-5,8-9,13H,2,6-7,17H2,1H3. The lowest BCUT2D eigenvalue weighted by molar-refractivity contribution is 0.590. The largest absolute Gasteiger partial charge is 0.324 e. The Morgan fingerprint density at radius 1 is 1.47 bits per heavy atom. The van der Waals surface area contributed by atoms with Crippen molar-refractivity contribution >= 4 is 11.6 Å². The average molecular weight is 282 g/mol. The molecular formula is C14H17ClFN3. The average Bonchev–Trinajstić information content (AvgIpc) is 2.84. The topological polar surface area (TPSA) is 43.8 Å². The predicted octanol–water partition coefficient (Wildman–Crippen LogP) is 3.33. The van der Waals surface area contributed by atoms with Crippen molar-refractivity contribution in [2.45, 2.75) is 32.4 Å². The van der Waals surface area contributed by atoms with E-state index in [9.17, 15) is 4.39 Å². The maximum atomic E-state index is 13.8. The molecule has 5 heteroatoms. The molecule has 2 rings (SSSR count). The number of hydrogen-bond donors (Lipinski definition) is 1. The van der Waals surface area contributed by atoms with Crippen LogP contribution in [-0.2, 0) is 13.0 Å². The van der Waals surface area contributed by atoms with Gasteiger partial charge >= 0.3 is 0 Å². The number of aromatic nitrogens is 2. The van der Waals surface area contributed by atoms with Gasteiger partial charge < -0.3 is 5.73 Å². The second-order valence-electron chi connectivity index (χ2n) is 4.56. The van der Waals surface area contributed by atoms with E-state index in [1.165, 1.54) is 6.07 Å². The van der Waals surface area contributed by atoms with E-state index in [1.54, 1.807) is 18.3 Å². The molecule has 0 saturated heterocycles. The van der Waals surface area contributed by atoms with Gasteiger partial charge in [-0.2, -0.15) is 5.10 Å². The highest BCUT2D eigenvalue weighted by molar-refractivity contribution is 6.30. The van der Waals surface area contributed by atoms with Gasteiger partial charge in [0, 0.05) is 24.3 Å². The third-order valence-corrected chi connectivity index (χ3v) is 3.30. The van der Waals surface area contributed by atoms with Gasteiger partial charge in [0.15, 0.2) is 0 Å². The summed E-state index contributed by atoms with van der Waals surface area (Å²) in [6.07, 6.45) is 5.07. The van der Waals surface area contributed by atoms with Crippen molar-refractivity contribution in [2.24, 2.45) is 5.73 Å². The van der Waals surface area contributed by atoms with Crippen LogP contribution in [0.4, 0.5) is 4.39 Å². The van der Waals surface area contributed by atoms with Crippen LogP contribution in [0.15, 0.2) is 30.6 Å². The van der Waals surface area contributed by atoms with E-state index in [1.807, 2.05) is 10.9 Å². The molecule has 0 radical (unpaired) electrons. The molecule has 19 heavy (non-hydrogen) atoms. The third kappa shape index (κ3) is 3.33. The number of hydrogen-bond acceptors (Lipinski definition) is 2. The third-order valence-electron chi connectivity index (χ3n) is 3.01. The normalized spacial score (nSPS) is 12.6. The molecule has 0 aliphatic heterocycles. The Kier molecular flexibility index (Phi) is 4.56. The summed E-state index contributed by atoms with van der Waals surface area (Å²) < 4.78 is 15.6. The van der Waals surface area contributed by atoms with Gasteiger partial charge in [0.1, 0.15) is 5.82 Å². The Morgan fingerprint density at radius 3 is 3.00 bits per heavy atom. The summed E-state index contributed by atoms with van der Waals surface area (Å²) in [5.41, 5.74) is 7.53. The van der Waals surface area contributed by atoms with Crippen LogP contribution in [0.3, 0.4) is 0 Å². The highest BCUT2D eigenvalue weighted by atomic mass is 35.5. The van der Waals surface area contributed by atoms with Gasteiger partial charge in [-0.05, 0) is 24.5 Å². The van der Waals surface area contributed by atoms with Gasteiger partial charge in [-0.15, -0.1) is 0 Å². The van der Waals surface area contributed by atoms with Crippen molar-refractivity contribution in [2.75, 3.05) is 0 Å². The lowest BCUT2D eigenvalue weighted by atomic mass is 10.0. The van der Waals surface area contributed by atoms with Crippen molar-refractivity contribution in [1.82, 2.24) is 9.78 Å². The smallest absolute Gasteiger partial charge is 0.145 e. The van der Waals surface area contributed by atoms with Gasteiger partial charge in [-0.1, -0.05) is 30.7 Å². The summed E-state index contributed by atoms with van der Waals surface area (Å²) in [7, 11) is 0. The minimum absolute atomic E-state index is 0.131. The molecule has 3 nitrogen and oxygen atoms in total. The molecule has 1 aromatic heterocycles. The summed E-state index contributed by atoms with van der Waals surface area (Å²) >= 11 is 5.76. The van der Waals surface area contributed by atoms with Crippen LogP contribution in [0.25, 0.3) is 0 Å². The van der Waals surface area contributed by atoms with Crippen molar-refractivity contribution in [3.63, 3.8) is 0 Å². The minimum atomic E-state index is -0.388. The molecule has 0 bridgehead atoms. The molecule has 0 fully saturated rings. The molecular weight excluding hydrogens is 265 g/mol. The Balaban J connectivity index is 2.11. The van der Waals surface area contributed by atoms with Crippen LogP contribution in [0.2, 0.25) is 5.02 Å². The number of nitrogens with zero attached hydrogens (tertiary/aromatic N) is 2. The Hall–Kier alpha value is -1.39. The van der Waals surface area contributed by atoms with E-state index < -0.39 is 0 Å². The number of nitrogens with two attached hydrogens (primary N) is 1. The Labute approximate surface area is 117 Å². The molecule has 0 aliphatic carbocycles. The zero-order chi connectivity index (χ0) is 13.8. The van der Waals surface area contributed by atoms with E-state index in [0.717, 1.165) is 18.5 Å². The van der Waals surface area contributed by atoms with Crippen LogP contribution < -0.4 is 5.73 Å². The quantitative estimate of drug-likeness (QED) is 0.913. The van der Waals surface area contributed by atoms with Crippen LogP contribution in [-0.4, -0.2) is 9.78 Å². The van der Waals surface area contributed by atoms with Gasteiger partial charge in [0.2, 0.25) is 0 Å². The summed E-state index contributed by atoms with van der Waals surface area (Å²) in [4.78, 5) is 0. The first-order valence-electron chi connectivity index (χ1n) is 6.32. The Morgan fingerprint density at radius 2 is 2.26 bits per heavy atom. The summed E-state index contributed by atoms with van der Waals surface area (Å²) in [6, 6.07) is 4.69. The monoisotopic (exact) mass is 281 g/mol. The molecule has 1 heterocycles. The first-order chi connectivity index (χ1) is 9.11. The first kappa shape index (κ1) is 14.0. The van der Waals surface area contributed by atoms with Crippen molar-refractivity contribution in [1.29, 1.82) is 0 Å². The Bertz CT molecular complexity index is 553. The lowest BCUT2D eigenvalue weighted by Crippen LogP contribution is -2.13. The van der Waals surface area contributed by atoms with Crippen LogP contribution in [0, 0.1) is 5.82 Å². The van der Waals surface area contributed by atoms with Crippen LogP contribution in [0.1, 0.15) is 30.5 Å². The highest BCUT2D eigenvalue weighted by Gasteiger charge is 2.13. The van der Waals surface area contributed by atoms with Gasteiger partial charge in [0.05, 0.1) is 11.2 Å². The fourth-order valence-corrected chi connectivity index (χ4v) is 2.18. The van der Waals surface area contributed by atoms with Crippen LogP contribution in [0.5, 0.6) is 0 Å². The number of halogens is 2. The second kappa shape index (κ2) is 6.17. The highest BCUT2D eigenvalue weighted by Crippen LogP contribution is 2.22. The summed E-state index contributed by atoms with van der Waals surface area (Å²) in [5.74, 6) is -0.388. The predicted molar refractivity (Wildman–Crippen MR) is 74.6 cm³/mol. The maximum absolute atomic E-state index is 13.8. The van der Waals surface area contributed by atoms with Gasteiger partial charge in [-0.25, -0.2) is 4.39 Å². The molecule has 2 aromatic rings. The van der Waals surface area contributed by atoms with Crippen molar-refractivity contribution in [3.05, 3.63) is 52.6 Å². The van der Waals surface area contributed by atoms with Gasteiger partial charge in [0.25, 0.3) is 0 Å². The van der Waals surface area contributed by atoms with Gasteiger partial charge in [-0.3, -0.25) is 4.68 Å². The summed E-state index contributed by atoms with van der Waals surface area (Å²) in [5, 5.41) is 4.36. The maximum Gasteiger partial charge on any atom is 0.145 e. The minimum Gasteiger partial charge on any atom is -0.324 e. The molecule has 102 valence electrons. The molecule has 1 aromatic carbocycles. The number of rotatable bonds is 5. The summed E-state index contributed by atoms with van der Waals surface area (Å²) in [6.45, 7) is 2.95. The molecule has 1 unspecified atom stereocenters. The molecule has 0 spiro atoms. The van der Waals surface area contributed by atoms with Crippen molar-refractivity contribution in [3.8, 4) is 0 Å². The van der Waals surface area contributed by atoms with Crippen LogP contribution >= 0.6 is 11.6 Å². The number of benzene rings is 1. The zero-order valence-corrected chi connectivity index (χ0v) is 11.6. The molecule has 2 N–H and O–H groups in total. The van der Waals surface area contributed by atoms with Crippen molar-refractivity contribution < 1.29 is 4.39 Å². The lowest BCUT2D eigenvalue weighted by Gasteiger charge is -2.10. The first-order valence-corrected chi connectivity index (χ1v) is 6.70. The SMILES string of the molecule is CCCn1cc(C(N)Cc2cccc(Cl)c2F)cn1. The fourth-order valence-electron chi connectivity index (χ4n) is 1.98. The zero-order valence-electron chi connectivity index (χ0n) is 10.8. The molecule has 0 aliphatic rings. The van der Waals surface area contributed by atoms with E-state index >= 15 is 0 Å². The van der Waals surface area contributed by atoms with E-state index in [-0.39, 0.29) is 16.9 Å². The van der Waals surface area contributed by atoms with E-state index in [4.69, 9.17) is 17.3 Å². The number of aryl methyl sites for hydroxylation is 1. The molecule has 1 atom stereocenters.